The van der Waals surface area contributed by atoms with Gasteiger partial charge in [0.25, 0.3) is 0 Å². The smallest absolute Gasteiger partial charge is 0.248 e. The second kappa shape index (κ2) is 5.75. The summed E-state index contributed by atoms with van der Waals surface area (Å²) in [4.78, 5) is 11.5. The summed E-state index contributed by atoms with van der Waals surface area (Å²) in [6.45, 7) is 5.44. The van der Waals surface area contributed by atoms with Crippen LogP contribution in [0.5, 0.6) is 0 Å². The van der Waals surface area contributed by atoms with Crippen LogP contribution in [0.4, 0.5) is 0 Å². The van der Waals surface area contributed by atoms with E-state index in [1.807, 2.05) is 6.92 Å². The summed E-state index contributed by atoms with van der Waals surface area (Å²) in [5.74, 6) is -0.528. The molecule has 1 aromatic rings. The molecule has 0 spiro atoms. The molecule has 2 rings (SSSR count). The summed E-state index contributed by atoms with van der Waals surface area (Å²) >= 11 is 0. The topological polar surface area (TPSA) is 103 Å². The van der Waals surface area contributed by atoms with Crippen LogP contribution in [0.1, 0.15) is 35.3 Å². The molecule has 0 bridgehead atoms. The van der Waals surface area contributed by atoms with Gasteiger partial charge in [0.1, 0.15) is 6.07 Å². The summed E-state index contributed by atoms with van der Waals surface area (Å²) < 4.78 is 0. The Morgan fingerprint density at radius 2 is 1.95 bits per heavy atom. The van der Waals surface area contributed by atoms with E-state index in [4.69, 9.17) is 5.73 Å². The Labute approximate surface area is 129 Å². The lowest BCUT2D eigenvalue weighted by molar-refractivity contribution is 0.0999. The molecule has 1 heterocycles. The summed E-state index contributed by atoms with van der Waals surface area (Å²) in [7, 11) is 0. The Morgan fingerprint density at radius 3 is 2.50 bits per heavy atom. The number of carbonyl (C=O) groups excluding carboxylic acids is 1. The van der Waals surface area contributed by atoms with Crippen molar-refractivity contribution >= 4 is 11.5 Å². The fourth-order valence-corrected chi connectivity index (χ4v) is 2.75. The van der Waals surface area contributed by atoms with Gasteiger partial charge in [0.2, 0.25) is 5.91 Å². The predicted molar refractivity (Wildman–Crippen MR) is 83.1 cm³/mol. The molecular weight excluding hydrogens is 276 g/mol. The van der Waals surface area contributed by atoms with E-state index in [0.717, 1.165) is 0 Å². The lowest BCUT2D eigenvalue weighted by Crippen LogP contribution is -2.31. The lowest BCUT2D eigenvalue weighted by atomic mass is 9.84. The number of benzene rings is 1. The second-order valence-corrected chi connectivity index (χ2v) is 5.22. The van der Waals surface area contributed by atoms with Crippen molar-refractivity contribution in [1.82, 2.24) is 5.32 Å². The minimum atomic E-state index is -0.528. The molecule has 0 aromatic heterocycles. The van der Waals surface area contributed by atoms with Gasteiger partial charge in [-0.05, 0) is 38.0 Å². The number of hydrogen-bond acceptors (Lipinski definition) is 4. The number of carbonyl (C=O) groups is 1. The molecule has 1 aliphatic heterocycles. The fourth-order valence-electron chi connectivity index (χ4n) is 2.75. The first-order chi connectivity index (χ1) is 10.4. The van der Waals surface area contributed by atoms with Gasteiger partial charge in [-0.1, -0.05) is 12.1 Å². The van der Waals surface area contributed by atoms with Gasteiger partial charge >= 0.3 is 0 Å². The van der Waals surface area contributed by atoms with Crippen LogP contribution in [0.3, 0.4) is 0 Å². The van der Waals surface area contributed by atoms with Crippen LogP contribution in [-0.4, -0.2) is 11.9 Å². The van der Waals surface area contributed by atoms with E-state index in [-0.39, 0.29) is 6.04 Å². The van der Waals surface area contributed by atoms with Gasteiger partial charge < -0.3 is 11.1 Å². The van der Waals surface area contributed by atoms with E-state index in [1.54, 1.807) is 32.0 Å². The Bertz CT molecular complexity index is 803. The monoisotopic (exact) mass is 292 g/mol. The SMILES string of the molecule is CC1=C(C#N)C(c2cccc(C(N)=O)c2C)=C(C#N)C(C)N1. The molecule has 22 heavy (non-hydrogen) atoms. The third kappa shape index (κ3) is 2.34. The van der Waals surface area contributed by atoms with E-state index in [1.165, 1.54) is 0 Å². The van der Waals surface area contributed by atoms with Crippen molar-refractivity contribution in [2.45, 2.75) is 26.8 Å². The number of allylic oxidation sites excluding steroid dienone is 3. The first kappa shape index (κ1) is 15.3. The highest BCUT2D eigenvalue weighted by Gasteiger charge is 2.27. The highest BCUT2D eigenvalue weighted by Crippen LogP contribution is 2.35. The number of nitrogens with one attached hydrogen (secondary N) is 1. The molecule has 0 radical (unpaired) electrons. The fraction of sp³-hybridized carbons (Fsp3) is 0.235. The highest BCUT2D eigenvalue weighted by molar-refractivity contribution is 5.98. The number of rotatable bonds is 2. The molecule has 0 saturated carbocycles. The molecule has 1 aliphatic rings. The number of amides is 1. The van der Waals surface area contributed by atoms with Crippen molar-refractivity contribution in [3.63, 3.8) is 0 Å². The van der Waals surface area contributed by atoms with Gasteiger partial charge in [0.05, 0.1) is 23.3 Å². The Balaban J connectivity index is 2.84. The average molecular weight is 292 g/mol. The van der Waals surface area contributed by atoms with Crippen LogP contribution in [-0.2, 0) is 0 Å². The molecule has 1 aromatic carbocycles. The third-order valence-corrected chi connectivity index (χ3v) is 3.86. The van der Waals surface area contributed by atoms with Crippen LogP contribution >= 0.6 is 0 Å². The number of nitrogens with two attached hydrogens (primary N) is 1. The molecule has 5 nitrogen and oxygen atoms in total. The minimum Gasteiger partial charge on any atom is -0.380 e. The van der Waals surface area contributed by atoms with Crippen molar-refractivity contribution in [3.8, 4) is 12.1 Å². The number of dihydropyridines is 1. The first-order valence-electron chi connectivity index (χ1n) is 6.84. The zero-order chi connectivity index (χ0) is 16.4. The van der Waals surface area contributed by atoms with Crippen LogP contribution in [0, 0.1) is 29.6 Å². The van der Waals surface area contributed by atoms with Crippen LogP contribution in [0.2, 0.25) is 0 Å². The van der Waals surface area contributed by atoms with Gasteiger partial charge in [0, 0.05) is 16.8 Å². The van der Waals surface area contributed by atoms with Gasteiger partial charge in [0.15, 0.2) is 0 Å². The molecule has 1 unspecified atom stereocenters. The predicted octanol–water partition coefficient (Wildman–Crippen LogP) is 2.16. The zero-order valence-electron chi connectivity index (χ0n) is 12.7. The van der Waals surface area contributed by atoms with Crippen molar-refractivity contribution < 1.29 is 4.79 Å². The van der Waals surface area contributed by atoms with Crippen molar-refractivity contribution in [2.24, 2.45) is 5.73 Å². The molecule has 110 valence electrons. The highest BCUT2D eigenvalue weighted by atomic mass is 16.1. The van der Waals surface area contributed by atoms with Gasteiger partial charge in [-0.3, -0.25) is 4.79 Å². The molecule has 1 amide bonds. The molecule has 0 fully saturated rings. The third-order valence-electron chi connectivity index (χ3n) is 3.86. The molecule has 0 aliphatic carbocycles. The number of nitriles is 2. The zero-order valence-corrected chi connectivity index (χ0v) is 12.7. The van der Waals surface area contributed by atoms with E-state index >= 15 is 0 Å². The van der Waals surface area contributed by atoms with Crippen LogP contribution < -0.4 is 11.1 Å². The van der Waals surface area contributed by atoms with Crippen molar-refractivity contribution in [3.05, 3.63) is 51.7 Å². The summed E-state index contributed by atoms with van der Waals surface area (Å²) in [5.41, 5.74) is 9.34. The van der Waals surface area contributed by atoms with Crippen molar-refractivity contribution in [2.75, 3.05) is 0 Å². The quantitative estimate of drug-likeness (QED) is 0.871. The Hall–Kier alpha value is -3.05. The number of nitrogens with zero attached hydrogens (tertiary/aromatic N) is 2. The largest absolute Gasteiger partial charge is 0.380 e. The Kier molecular flexibility index (Phi) is 4.01. The lowest BCUT2D eigenvalue weighted by Gasteiger charge is -2.26. The van der Waals surface area contributed by atoms with E-state index in [2.05, 4.69) is 17.5 Å². The molecular formula is C17H16N4O. The Morgan fingerprint density at radius 1 is 1.27 bits per heavy atom. The maximum Gasteiger partial charge on any atom is 0.248 e. The standard InChI is InChI=1S/C17H16N4O/c1-9-12(5-4-6-13(9)17(20)22)16-14(7-18)10(2)21-11(3)15(16)8-19/h4-6,10,21H,1-3H3,(H2,20,22). The molecule has 1 atom stereocenters. The molecule has 5 heteroatoms. The minimum absolute atomic E-state index is 0.200. The summed E-state index contributed by atoms with van der Waals surface area (Å²) in [6.07, 6.45) is 0. The first-order valence-corrected chi connectivity index (χ1v) is 6.84. The average Bonchev–Trinajstić information content (AvgIpc) is 2.46. The summed E-state index contributed by atoms with van der Waals surface area (Å²) in [6, 6.07) is 9.29. The normalized spacial score (nSPS) is 17.6. The summed E-state index contributed by atoms with van der Waals surface area (Å²) in [5, 5.41) is 22.1. The maximum atomic E-state index is 11.5. The number of primary amides is 1. The van der Waals surface area contributed by atoms with Gasteiger partial charge in [-0.2, -0.15) is 10.5 Å². The molecule has 0 saturated heterocycles. The van der Waals surface area contributed by atoms with Gasteiger partial charge in [-0.25, -0.2) is 0 Å². The second-order valence-electron chi connectivity index (χ2n) is 5.22. The van der Waals surface area contributed by atoms with Crippen LogP contribution in [0.15, 0.2) is 35.0 Å². The van der Waals surface area contributed by atoms with E-state index < -0.39 is 5.91 Å². The van der Waals surface area contributed by atoms with E-state index in [0.29, 0.717) is 39.1 Å². The maximum absolute atomic E-state index is 11.5. The van der Waals surface area contributed by atoms with E-state index in [9.17, 15) is 15.3 Å². The van der Waals surface area contributed by atoms with Crippen molar-refractivity contribution in [1.29, 1.82) is 10.5 Å². The van der Waals surface area contributed by atoms with Gasteiger partial charge in [-0.15, -0.1) is 0 Å². The van der Waals surface area contributed by atoms with Crippen LogP contribution in [0.25, 0.3) is 5.57 Å². The molecule has 3 N–H and O–H groups in total. The number of hydrogen-bond donors (Lipinski definition) is 2.